The van der Waals surface area contributed by atoms with Gasteiger partial charge in [-0.1, -0.05) is 47.5 Å². The van der Waals surface area contributed by atoms with Crippen molar-refractivity contribution < 1.29 is 17.6 Å². The van der Waals surface area contributed by atoms with Crippen LogP contribution in [0.2, 0.25) is 5.02 Å². The third-order valence-corrected chi connectivity index (χ3v) is 6.76. The molecule has 0 heterocycles. The van der Waals surface area contributed by atoms with E-state index in [1.807, 2.05) is 6.92 Å². The van der Waals surface area contributed by atoms with Crippen LogP contribution in [0.5, 0.6) is 0 Å². The molecule has 156 valence electrons. The summed E-state index contributed by atoms with van der Waals surface area (Å²) < 4.78 is 40.7. The Morgan fingerprint density at radius 3 is 2.40 bits per heavy atom. The second-order valence-electron chi connectivity index (χ2n) is 6.72. The lowest BCUT2D eigenvalue weighted by Crippen LogP contribution is -2.28. The highest BCUT2D eigenvalue weighted by Gasteiger charge is 2.23. The van der Waals surface area contributed by atoms with Gasteiger partial charge >= 0.3 is 0 Å². The summed E-state index contributed by atoms with van der Waals surface area (Å²) in [7, 11) is -2.41. The lowest BCUT2D eigenvalue weighted by atomic mass is 10.1. The zero-order chi connectivity index (χ0) is 21.9. The summed E-state index contributed by atoms with van der Waals surface area (Å²) in [6, 6.07) is 16.9. The molecule has 3 aromatic rings. The third-order valence-electron chi connectivity index (χ3n) is 4.63. The first kappa shape index (κ1) is 21.8. The second kappa shape index (κ2) is 8.85. The predicted octanol–water partition coefficient (Wildman–Crippen LogP) is 4.54. The number of nitrogens with zero attached hydrogens (tertiary/aromatic N) is 1. The van der Waals surface area contributed by atoms with Crippen LogP contribution in [-0.4, -0.2) is 21.4 Å². The predicted molar refractivity (Wildman–Crippen MR) is 116 cm³/mol. The molecule has 0 saturated carbocycles. The van der Waals surface area contributed by atoms with Crippen LogP contribution in [-0.2, 0) is 16.6 Å². The van der Waals surface area contributed by atoms with E-state index in [0.29, 0.717) is 5.56 Å². The van der Waals surface area contributed by atoms with Gasteiger partial charge in [0.1, 0.15) is 5.82 Å². The van der Waals surface area contributed by atoms with Gasteiger partial charge < -0.3 is 5.32 Å². The van der Waals surface area contributed by atoms with E-state index in [4.69, 9.17) is 11.6 Å². The van der Waals surface area contributed by atoms with Gasteiger partial charge in [0.15, 0.2) is 0 Å². The van der Waals surface area contributed by atoms with Gasteiger partial charge in [-0.2, -0.15) is 0 Å². The summed E-state index contributed by atoms with van der Waals surface area (Å²) in [5.74, 6) is -0.965. The topological polar surface area (TPSA) is 66.5 Å². The van der Waals surface area contributed by atoms with Gasteiger partial charge in [-0.3, -0.25) is 9.10 Å². The summed E-state index contributed by atoms with van der Waals surface area (Å²) in [6.07, 6.45) is 0. The van der Waals surface area contributed by atoms with Crippen molar-refractivity contribution in [3.63, 3.8) is 0 Å². The molecule has 0 atom stereocenters. The van der Waals surface area contributed by atoms with Crippen LogP contribution in [0.4, 0.5) is 10.1 Å². The Balaban J connectivity index is 1.84. The van der Waals surface area contributed by atoms with E-state index in [-0.39, 0.29) is 27.7 Å². The quantitative estimate of drug-likeness (QED) is 0.604. The molecule has 0 aliphatic rings. The monoisotopic (exact) mass is 446 g/mol. The normalized spacial score (nSPS) is 11.2. The number of carbonyl (C=O) groups is 1. The van der Waals surface area contributed by atoms with Gasteiger partial charge in [0, 0.05) is 19.2 Å². The van der Waals surface area contributed by atoms with E-state index in [9.17, 15) is 17.6 Å². The minimum absolute atomic E-state index is 0.0242. The van der Waals surface area contributed by atoms with E-state index in [1.54, 1.807) is 30.3 Å². The Morgan fingerprint density at radius 2 is 1.73 bits per heavy atom. The van der Waals surface area contributed by atoms with Gasteiger partial charge in [0.05, 0.1) is 21.2 Å². The first-order chi connectivity index (χ1) is 14.2. The fraction of sp³-hybridized carbons (Fsp3) is 0.136. The Morgan fingerprint density at radius 1 is 1.07 bits per heavy atom. The maximum Gasteiger partial charge on any atom is 0.264 e. The smallest absolute Gasteiger partial charge is 0.264 e. The number of rotatable bonds is 6. The van der Waals surface area contributed by atoms with E-state index >= 15 is 0 Å². The number of anilines is 1. The van der Waals surface area contributed by atoms with Crippen molar-refractivity contribution in [3.8, 4) is 0 Å². The summed E-state index contributed by atoms with van der Waals surface area (Å²) in [5, 5.41) is 2.77. The first-order valence-corrected chi connectivity index (χ1v) is 10.9. The van der Waals surface area contributed by atoms with Crippen LogP contribution in [0.15, 0.2) is 71.6 Å². The molecule has 3 rings (SSSR count). The number of sulfonamides is 1. The molecule has 1 amide bonds. The molecule has 8 heteroatoms. The van der Waals surface area contributed by atoms with Crippen molar-refractivity contribution in [2.45, 2.75) is 18.4 Å². The van der Waals surface area contributed by atoms with Gasteiger partial charge in [0.2, 0.25) is 0 Å². The summed E-state index contributed by atoms with van der Waals surface area (Å²) >= 11 is 6.15. The highest BCUT2D eigenvalue weighted by Crippen LogP contribution is 2.27. The summed E-state index contributed by atoms with van der Waals surface area (Å²) in [6.45, 7) is 1.84. The van der Waals surface area contributed by atoms with E-state index in [2.05, 4.69) is 5.32 Å². The number of amides is 1. The Kier molecular flexibility index (Phi) is 6.43. The van der Waals surface area contributed by atoms with Gasteiger partial charge in [0.25, 0.3) is 15.9 Å². The van der Waals surface area contributed by atoms with Crippen molar-refractivity contribution in [1.29, 1.82) is 0 Å². The van der Waals surface area contributed by atoms with Crippen LogP contribution in [0, 0.1) is 12.7 Å². The molecule has 0 saturated heterocycles. The summed E-state index contributed by atoms with van der Waals surface area (Å²) in [4.78, 5) is 12.7. The van der Waals surface area contributed by atoms with Crippen LogP contribution in [0.3, 0.4) is 0 Å². The van der Waals surface area contributed by atoms with E-state index in [0.717, 1.165) is 9.87 Å². The van der Waals surface area contributed by atoms with Crippen molar-refractivity contribution in [2.24, 2.45) is 0 Å². The highest BCUT2D eigenvalue weighted by molar-refractivity contribution is 7.92. The molecule has 30 heavy (non-hydrogen) atoms. The number of hydrogen-bond acceptors (Lipinski definition) is 3. The lowest BCUT2D eigenvalue weighted by Gasteiger charge is -2.20. The average molecular weight is 447 g/mol. The highest BCUT2D eigenvalue weighted by atomic mass is 35.5. The van der Waals surface area contributed by atoms with E-state index in [1.165, 1.54) is 43.4 Å². The molecule has 0 aliphatic carbocycles. The fourth-order valence-electron chi connectivity index (χ4n) is 2.80. The van der Waals surface area contributed by atoms with Crippen LogP contribution < -0.4 is 9.62 Å². The maximum absolute atomic E-state index is 13.8. The Hall–Kier alpha value is -2.90. The maximum atomic E-state index is 13.8. The van der Waals surface area contributed by atoms with Crippen molar-refractivity contribution >= 4 is 33.2 Å². The van der Waals surface area contributed by atoms with Crippen LogP contribution in [0.25, 0.3) is 0 Å². The van der Waals surface area contributed by atoms with Gasteiger partial charge in [-0.05, 0) is 43.3 Å². The standard InChI is InChI=1S/C22H20ClFN2O3S/c1-15-7-10-18(11-8-15)30(28,29)26(2)17-9-12-20(23)19(13-17)22(27)25-14-16-5-3-4-6-21(16)24/h3-13H,14H2,1-2H3,(H,25,27). The molecule has 0 bridgehead atoms. The minimum atomic E-state index is -3.82. The van der Waals surface area contributed by atoms with Gasteiger partial charge in [-0.25, -0.2) is 12.8 Å². The van der Waals surface area contributed by atoms with Crippen molar-refractivity contribution in [2.75, 3.05) is 11.4 Å². The average Bonchev–Trinajstić information content (AvgIpc) is 2.73. The number of hydrogen-bond donors (Lipinski definition) is 1. The van der Waals surface area contributed by atoms with Gasteiger partial charge in [-0.15, -0.1) is 0 Å². The molecule has 0 aliphatic heterocycles. The Labute approximate surface area is 180 Å². The number of nitrogens with one attached hydrogen (secondary N) is 1. The molecular formula is C22H20ClFN2O3S. The number of halogens is 2. The molecule has 0 radical (unpaired) electrons. The third kappa shape index (κ3) is 4.63. The SMILES string of the molecule is Cc1ccc(S(=O)(=O)N(C)c2ccc(Cl)c(C(=O)NCc3ccccc3F)c2)cc1. The molecule has 3 aromatic carbocycles. The number of benzene rings is 3. The Bertz CT molecular complexity index is 1180. The second-order valence-corrected chi connectivity index (χ2v) is 9.10. The molecule has 0 fully saturated rings. The molecule has 1 N–H and O–H groups in total. The van der Waals surface area contributed by atoms with Crippen LogP contribution in [0.1, 0.15) is 21.5 Å². The minimum Gasteiger partial charge on any atom is -0.348 e. The molecule has 5 nitrogen and oxygen atoms in total. The number of aryl methyl sites for hydroxylation is 1. The fourth-order valence-corrected chi connectivity index (χ4v) is 4.19. The molecule has 0 unspecified atom stereocenters. The summed E-state index contributed by atoms with van der Waals surface area (Å²) in [5.41, 5.74) is 1.64. The van der Waals surface area contributed by atoms with Crippen molar-refractivity contribution in [1.82, 2.24) is 5.32 Å². The number of carbonyl (C=O) groups excluding carboxylic acids is 1. The molecule has 0 spiro atoms. The van der Waals surface area contributed by atoms with Crippen molar-refractivity contribution in [3.05, 3.63) is 94.3 Å². The first-order valence-electron chi connectivity index (χ1n) is 9.07. The lowest BCUT2D eigenvalue weighted by molar-refractivity contribution is 0.0950. The van der Waals surface area contributed by atoms with E-state index < -0.39 is 21.7 Å². The largest absolute Gasteiger partial charge is 0.348 e. The molecule has 0 aromatic heterocycles. The van der Waals surface area contributed by atoms with Crippen LogP contribution >= 0.6 is 11.6 Å². The molecular weight excluding hydrogens is 427 g/mol. The zero-order valence-electron chi connectivity index (χ0n) is 16.4. The zero-order valence-corrected chi connectivity index (χ0v) is 18.0.